The molecule has 1 amide bonds. The van der Waals surface area contributed by atoms with E-state index >= 15 is 0 Å². The average molecular weight is 372 g/mol. The van der Waals surface area contributed by atoms with Gasteiger partial charge in [-0.15, -0.1) is 0 Å². The molecule has 1 aliphatic heterocycles. The summed E-state index contributed by atoms with van der Waals surface area (Å²) < 4.78 is 24.4. The van der Waals surface area contributed by atoms with Gasteiger partial charge in [-0.05, 0) is 43.7 Å². The topological polar surface area (TPSA) is 80.5 Å². The summed E-state index contributed by atoms with van der Waals surface area (Å²) in [6.07, 6.45) is 0. The van der Waals surface area contributed by atoms with Crippen LogP contribution in [0.3, 0.4) is 0 Å². The minimum atomic E-state index is -3.34. The van der Waals surface area contributed by atoms with Gasteiger partial charge >= 0.3 is 0 Å². The molecule has 6 heteroatoms. The van der Waals surface area contributed by atoms with Gasteiger partial charge in [0.2, 0.25) is 0 Å². The Morgan fingerprint density at radius 3 is 2.23 bits per heavy atom. The van der Waals surface area contributed by atoms with Gasteiger partial charge in [-0.2, -0.15) is 0 Å². The maximum atomic E-state index is 12.8. The van der Waals surface area contributed by atoms with Crippen molar-refractivity contribution in [2.24, 2.45) is 5.73 Å². The van der Waals surface area contributed by atoms with E-state index in [0.29, 0.717) is 18.7 Å². The first kappa shape index (κ1) is 18.6. The van der Waals surface area contributed by atoms with Gasteiger partial charge in [0.25, 0.3) is 5.91 Å². The van der Waals surface area contributed by atoms with E-state index in [1.165, 1.54) is 12.1 Å². The van der Waals surface area contributed by atoms with Crippen LogP contribution in [-0.2, 0) is 9.84 Å². The fraction of sp³-hybridized carbons (Fsp3) is 0.350. The smallest absolute Gasteiger partial charge is 0.253 e. The number of carbonyl (C=O) groups excluding carboxylic acids is 1. The number of benzene rings is 2. The van der Waals surface area contributed by atoms with Crippen LogP contribution < -0.4 is 5.73 Å². The quantitative estimate of drug-likeness (QED) is 0.894. The van der Waals surface area contributed by atoms with E-state index in [-0.39, 0.29) is 22.8 Å². The first-order valence-corrected chi connectivity index (χ1v) is 10.3. The SMILES string of the molecule is CC(C)S(=O)(=O)c1ccc(C(=O)N2C[C@@H](N)[C@H](c3ccccc3)C2)cc1. The predicted octanol–water partition coefficient (Wildman–Crippen LogP) is 2.44. The number of amides is 1. The van der Waals surface area contributed by atoms with Crippen molar-refractivity contribution >= 4 is 15.7 Å². The Kier molecular flexibility index (Phi) is 5.16. The molecule has 0 bridgehead atoms. The first-order chi connectivity index (χ1) is 12.3. The summed E-state index contributed by atoms with van der Waals surface area (Å²) in [4.78, 5) is 14.8. The van der Waals surface area contributed by atoms with Gasteiger partial charge in [0.05, 0.1) is 10.1 Å². The molecule has 0 aliphatic carbocycles. The molecule has 2 N–H and O–H groups in total. The molecule has 138 valence electrons. The molecule has 2 atom stereocenters. The van der Waals surface area contributed by atoms with Gasteiger partial charge in [0, 0.05) is 30.6 Å². The van der Waals surface area contributed by atoms with Gasteiger partial charge in [-0.25, -0.2) is 8.42 Å². The van der Waals surface area contributed by atoms with Crippen molar-refractivity contribution in [2.75, 3.05) is 13.1 Å². The van der Waals surface area contributed by atoms with Crippen LogP contribution in [0, 0.1) is 0 Å². The highest BCUT2D eigenvalue weighted by Crippen LogP contribution is 2.27. The van der Waals surface area contributed by atoms with Crippen molar-refractivity contribution in [3.63, 3.8) is 0 Å². The minimum Gasteiger partial charge on any atom is -0.336 e. The summed E-state index contributed by atoms with van der Waals surface area (Å²) in [5.41, 5.74) is 7.87. The number of nitrogens with two attached hydrogens (primary N) is 1. The highest BCUT2D eigenvalue weighted by Gasteiger charge is 2.34. The first-order valence-electron chi connectivity index (χ1n) is 8.74. The zero-order valence-electron chi connectivity index (χ0n) is 15.0. The van der Waals surface area contributed by atoms with E-state index in [1.807, 2.05) is 30.3 Å². The van der Waals surface area contributed by atoms with Crippen molar-refractivity contribution in [3.05, 3.63) is 65.7 Å². The monoisotopic (exact) mass is 372 g/mol. The summed E-state index contributed by atoms with van der Waals surface area (Å²) in [5.74, 6) is -0.00637. The van der Waals surface area contributed by atoms with E-state index in [2.05, 4.69) is 0 Å². The maximum Gasteiger partial charge on any atom is 0.253 e. The van der Waals surface area contributed by atoms with E-state index in [0.717, 1.165) is 5.56 Å². The molecule has 1 saturated heterocycles. The molecule has 26 heavy (non-hydrogen) atoms. The summed E-state index contributed by atoms with van der Waals surface area (Å²) >= 11 is 0. The van der Waals surface area contributed by atoms with Crippen LogP contribution in [-0.4, -0.2) is 43.6 Å². The Morgan fingerprint density at radius 2 is 1.65 bits per heavy atom. The highest BCUT2D eigenvalue weighted by molar-refractivity contribution is 7.92. The zero-order valence-corrected chi connectivity index (χ0v) is 15.8. The van der Waals surface area contributed by atoms with Crippen LogP contribution in [0.15, 0.2) is 59.5 Å². The predicted molar refractivity (Wildman–Crippen MR) is 102 cm³/mol. The van der Waals surface area contributed by atoms with Crippen LogP contribution in [0.1, 0.15) is 35.7 Å². The van der Waals surface area contributed by atoms with Crippen molar-refractivity contribution in [1.82, 2.24) is 4.90 Å². The fourth-order valence-electron chi connectivity index (χ4n) is 3.29. The lowest BCUT2D eigenvalue weighted by atomic mass is 9.95. The Hall–Kier alpha value is -2.18. The van der Waals surface area contributed by atoms with Crippen molar-refractivity contribution < 1.29 is 13.2 Å². The normalized spacial score (nSPS) is 20.5. The van der Waals surface area contributed by atoms with E-state index in [9.17, 15) is 13.2 Å². The van der Waals surface area contributed by atoms with Crippen molar-refractivity contribution in [2.45, 2.75) is 36.0 Å². The van der Waals surface area contributed by atoms with Crippen LogP contribution in [0.25, 0.3) is 0 Å². The van der Waals surface area contributed by atoms with Gasteiger partial charge in [-0.1, -0.05) is 30.3 Å². The second kappa shape index (κ2) is 7.21. The Bertz CT molecular complexity index is 877. The molecule has 2 aromatic rings. The molecule has 2 aromatic carbocycles. The van der Waals surface area contributed by atoms with Gasteiger partial charge in [0.1, 0.15) is 0 Å². The Balaban J connectivity index is 1.76. The lowest BCUT2D eigenvalue weighted by molar-refractivity contribution is 0.0789. The summed E-state index contributed by atoms with van der Waals surface area (Å²) in [7, 11) is -3.34. The third-order valence-corrected chi connectivity index (χ3v) is 7.10. The number of nitrogens with zero attached hydrogens (tertiary/aromatic N) is 1. The molecule has 0 radical (unpaired) electrons. The van der Waals surface area contributed by atoms with Crippen LogP contribution in [0.5, 0.6) is 0 Å². The number of hydrogen-bond acceptors (Lipinski definition) is 4. The number of likely N-dealkylation sites (tertiary alicyclic amines) is 1. The molecule has 1 fully saturated rings. The third-order valence-electron chi connectivity index (χ3n) is 4.93. The number of sulfone groups is 1. The van der Waals surface area contributed by atoms with E-state index in [4.69, 9.17) is 5.73 Å². The molecular formula is C20H24N2O3S. The number of rotatable bonds is 4. The van der Waals surface area contributed by atoms with Crippen molar-refractivity contribution in [1.29, 1.82) is 0 Å². The summed E-state index contributed by atoms with van der Waals surface area (Å²) in [6.45, 7) is 4.34. The van der Waals surface area contributed by atoms with Crippen LogP contribution in [0.4, 0.5) is 0 Å². The van der Waals surface area contributed by atoms with Gasteiger partial charge in [0.15, 0.2) is 9.84 Å². The van der Waals surface area contributed by atoms with Crippen LogP contribution >= 0.6 is 0 Å². The molecule has 1 heterocycles. The van der Waals surface area contributed by atoms with E-state index in [1.54, 1.807) is 30.9 Å². The summed E-state index contributed by atoms with van der Waals surface area (Å²) in [5, 5.41) is -0.493. The van der Waals surface area contributed by atoms with Crippen LogP contribution in [0.2, 0.25) is 0 Å². The molecule has 0 saturated carbocycles. The second-order valence-corrected chi connectivity index (χ2v) is 9.51. The molecule has 0 spiro atoms. The molecule has 3 rings (SSSR count). The third kappa shape index (κ3) is 3.52. The average Bonchev–Trinajstić information content (AvgIpc) is 3.03. The molecule has 0 aromatic heterocycles. The number of hydrogen-bond donors (Lipinski definition) is 1. The lowest BCUT2D eigenvalue weighted by Gasteiger charge is -2.17. The molecule has 1 aliphatic rings. The van der Waals surface area contributed by atoms with Gasteiger partial charge < -0.3 is 10.6 Å². The minimum absolute atomic E-state index is 0.109. The Labute approximate surface area is 154 Å². The largest absolute Gasteiger partial charge is 0.336 e. The number of carbonyl (C=O) groups is 1. The second-order valence-electron chi connectivity index (χ2n) is 7.01. The Morgan fingerprint density at radius 1 is 1.04 bits per heavy atom. The molecular weight excluding hydrogens is 348 g/mol. The molecule has 0 unspecified atom stereocenters. The maximum absolute atomic E-state index is 12.8. The lowest BCUT2D eigenvalue weighted by Crippen LogP contribution is -2.32. The standard InChI is InChI=1S/C20H24N2O3S/c1-14(2)26(24,25)17-10-8-16(9-11-17)20(23)22-12-18(19(21)13-22)15-6-4-3-5-7-15/h3-11,14,18-19H,12-13,21H2,1-2H3/t18-,19+/m0/s1. The van der Waals surface area contributed by atoms with Gasteiger partial charge in [-0.3, -0.25) is 4.79 Å². The summed E-state index contributed by atoms with van der Waals surface area (Å²) in [6, 6.07) is 16.0. The van der Waals surface area contributed by atoms with E-state index < -0.39 is 15.1 Å². The van der Waals surface area contributed by atoms with Crippen molar-refractivity contribution in [3.8, 4) is 0 Å². The zero-order chi connectivity index (χ0) is 18.9. The highest BCUT2D eigenvalue weighted by atomic mass is 32.2. The fourth-order valence-corrected chi connectivity index (χ4v) is 4.35. The molecule has 5 nitrogen and oxygen atoms in total.